The second kappa shape index (κ2) is 3.37. The summed E-state index contributed by atoms with van der Waals surface area (Å²) in [7, 11) is 0. The number of rotatable bonds is 5. The normalized spacial score (nSPS) is 36.5. The van der Waals surface area contributed by atoms with Gasteiger partial charge in [0.15, 0.2) is 0 Å². The van der Waals surface area contributed by atoms with Gasteiger partial charge in [0.1, 0.15) is 0 Å². The van der Waals surface area contributed by atoms with E-state index in [1.807, 2.05) is 0 Å². The van der Waals surface area contributed by atoms with Gasteiger partial charge < -0.3 is 5.32 Å². The molecule has 0 amide bonds. The third-order valence-corrected chi connectivity index (χ3v) is 3.51. The van der Waals surface area contributed by atoms with E-state index in [0.717, 1.165) is 23.9 Å². The van der Waals surface area contributed by atoms with Gasteiger partial charge in [-0.05, 0) is 37.5 Å². The Kier molecular flexibility index (Phi) is 2.40. The molecule has 2 saturated carbocycles. The van der Waals surface area contributed by atoms with Gasteiger partial charge in [-0.3, -0.25) is 0 Å². The van der Waals surface area contributed by atoms with Gasteiger partial charge in [0.05, 0.1) is 0 Å². The lowest BCUT2D eigenvalue weighted by Crippen LogP contribution is -2.33. The van der Waals surface area contributed by atoms with Crippen molar-refractivity contribution in [1.29, 1.82) is 0 Å². The Balaban J connectivity index is 1.70. The van der Waals surface area contributed by atoms with Crippen molar-refractivity contribution in [2.45, 2.75) is 58.0 Å². The van der Waals surface area contributed by atoms with Crippen LogP contribution >= 0.6 is 0 Å². The van der Waals surface area contributed by atoms with Crippen molar-refractivity contribution in [2.75, 3.05) is 0 Å². The van der Waals surface area contributed by atoms with Crippen LogP contribution in [0.2, 0.25) is 0 Å². The Morgan fingerprint density at radius 3 is 2.50 bits per heavy atom. The van der Waals surface area contributed by atoms with E-state index in [-0.39, 0.29) is 0 Å². The van der Waals surface area contributed by atoms with Crippen molar-refractivity contribution in [1.82, 2.24) is 5.32 Å². The molecule has 3 atom stereocenters. The summed E-state index contributed by atoms with van der Waals surface area (Å²) in [5.41, 5.74) is 0. The second-order valence-corrected chi connectivity index (χ2v) is 4.53. The topological polar surface area (TPSA) is 12.0 Å². The fraction of sp³-hybridized carbons (Fsp3) is 1.00. The van der Waals surface area contributed by atoms with E-state index >= 15 is 0 Å². The Bertz CT molecular complexity index is 151. The van der Waals surface area contributed by atoms with E-state index in [4.69, 9.17) is 0 Å². The second-order valence-electron chi connectivity index (χ2n) is 4.53. The highest BCUT2D eigenvalue weighted by Gasteiger charge is 2.39. The van der Waals surface area contributed by atoms with Crippen LogP contribution in [0.15, 0.2) is 0 Å². The molecule has 3 unspecified atom stereocenters. The van der Waals surface area contributed by atoms with Crippen LogP contribution in [-0.4, -0.2) is 12.1 Å². The van der Waals surface area contributed by atoms with E-state index in [2.05, 4.69) is 19.2 Å². The maximum Gasteiger partial charge on any atom is 0.0102 e. The van der Waals surface area contributed by atoms with Gasteiger partial charge in [0.25, 0.3) is 0 Å². The molecule has 12 heavy (non-hydrogen) atoms. The van der Waals surface area contributed by atoms with E-state index in [1.165, 1.54) is 32.1 Å². The molecular formula is C11H21N. The van der Waals surface area contributed by atoms with E-state index in [9.17, 15) is 0 Å². The average molecular weight is 167 g/mol. The highest BCUT2D eigenvalue weighted by atomic mass is 15.0. The standard InChI is InChI=1S/C11H21N/c1-3-8-7-11(8)12-10(4-2)9-5-6-9/h8-12H,3-7H2,1-2H3. The van der Waals surface area contributed by atoms with Gasteiger partial charge in [-0.1, -0.05) is 20.3 Å². The van der Waals surface area contributed by atoms with Crippen LogP contribution in [0, 0.1) is 11.8 Å². The average Bonchev–Trinajstić information content (AvgIpc) is 2.94. The van der Waals surface area contributed by atoms with E-state index in [0.29, 0.717) is 0 Å². The fourth-order valence-corrected chi connectivity index (χ4v) is 2.26. The third kappa shape index (κ3) is 1.82. The molecule has 0 heterocycles. The molecule has 0 aromatic heterocycles. The Morgan fingerprint density at radius 1 is 1.33 bits per heavy atom. The van der Waals surface area contributed by atoms with Crippen molar-refractivity contribution < 1.29 is 0 Å². The van der Waals surface area contributed by atoms with Crippen molar-refractivity contribution in [3.63, 3.8) is 0 Å². The predicted octanol–water partition coefficient (Wildman–Crippen LogP) is 2.56. The summed E-state index contributed by atoms with van der Waals surface area (Å²) in [4.78, 5) is 0. The molecule has 0 radical (unpaired) electrons. The molecule has 2 rings (SSSR count). The number of hydrogen-bond acceptors (Lipinski definition) is 1. The summed E-state index contributed by atoms with van der Waals surface area (Å²) in [5.74, 6) is 2.05. The molecule has 2 fully saturated rings. The molecule has 0 aromatic carbocycles. The van der Waals surface area contributed by atoms with Gasteiger partial charge in [0.2, 0.25) is 0 Å². The summed E-state index contributed by atoms with van der Waals surface area (Å²) in [6.45, 7) is 4.63. The Morgan fingerprint density at radius 2 is 2.08 bits per heavy atom. The van der Waals surface area contributed by atoms with Gasteiger partial charge in [-0.15, -0.1) is 0 Å². The van der Waals surface area contributed by atoms with Gasteiger partial charge in [-0.25, -0.2) is 0 Å². The molecule has 1 nitrogen and oxygen atoms in total. The fourth-order valence-electron chi connectivity index (χ4n) is 2.26. The molecule has 70 valence electrons. The SMILES string of the molecule is CCC1CC1NC(CC)C1CC1. The van der Waals surface area contributed by atoms with Crippen molar-refractivity contribution in [3.05, 3.63) is 0 Å². The first kappa shape index (κ1) is 8.55. The molecule has 0 aliphatic heterocycles. The lowest BCUT2D eigenvalue weighted by atomic mass is 10.1. The van der Waals surface area contributed by atoms with Crippen LogP contribution in [-0.2, 0) is 0 Å². The Hall–Kier alpha value is -0.0400. The Labute approximate surface area is 75.9 Å². The molecule has 0 bridgehead atoms. The maximum atomic E-state index is 3.80. The molecule has 2 aliphatic rings. The van der Waals surface area contributed by atoms with Crippen LogP contribution in [0.4, 0.5) is 0 Å². The third-order valence-electron chi connectivity index (χ3n) is 3.51. The van der Waals surface area contributed by atoms with Crippen LogP contribution < -0.4 is 5.32 Å². The summed E-state index contributed by atoms with van der Waals surface area (Å²) >= 11 is 0. The predicted molar refractivity (Wildman–Crippen MR) is 52.1 cm³/mol. The molecule has 1 N–H and O–H groups in total. The van der Waals surface area contributed by atoms with Crippen LogP contribution in [0.1, 0.15) is 46.0 Å². The lowest BCUT2D eigenvalue weighted by molar-refractivity contribution is 0.434. The van der Waals surface area contributed by atoms with E-state index < -0.39 is 0 Å². The molecular weight excluding hydrogens is 146 g/mol. The minimum absolute atomic E-state index is 0.853. The first-order chi connectivity index (χ1) is 5.85. The molecule has 2 aliphatic carbocycles. The number of hydrogen-bond donors (Lipinski definition) is 1. The minimum Gasteiger partial charge on any atom is -0.311 e. The minimum atomic E-state index is 0.853. The maximum absolute atomic E-state index is 3.80. The van der Waals surface area contributed by atoms with Gasteiger partial charge in [-0.2, -0.15) is 0 Å². The molecule has 1 heteroatoms. The highest BCUT2D eigenvalue weighted by molar-refractivity contribution is 4.97. The smallest absolute Gasteiger partial charge is 0.0102 e. The summed E-state index contributed by atoms with van der Waals surface area (Å²) < 4.78 is 0. The number of nitrogens with one attached hydrogen (secondary N) is 1. The van der Waals surface area contributed by atoms with Crippen molar-refractivity contribution in [3.8, 4) is 0 Å². The van der Waals surface area contributed by atoms with E-state index in [1.54, 1.807) is 0 Å². The largest absolute Gasteiger partial charge is 0.311 e. The highest BCUT2D eigenvalue weighted by Crippen LogP contribution is 2.38. The first-order valence-electron chi connectivity index (χ1n) is 5.61. The quantitative estimate of drug-likeness (QED) is 0.663. The van der Waals surface area contributed by atoms with Gasteiger partial charge in [0, 0.05) is 12.1 Å². The summed E-state index contributed by atoms with van der Waals surface area (Å²) in [6.07, 6.45) is 7.11. The first-order valence-corrected chi connectivity index (χ1v) is 5.61. The summed E-state index contributed by atoms with van der Waals surface area (Å²) in [5, 5.41) is 3.80. The van der Waals surface area contributed by atoms with Gasteiger partial charge >= 0.3 is 0 Å². The lowest BCUT2D eigenvalue weighted by Gasteiger charge is -2.15. The van der Waals surface area contributed by atoms with Crippen molar-refractivity contribution >= 4 is 0 Å². The summed E-state index contributed by atoms with van der Waals surface area (Å²) in [6, 6.07) is 1.74. The molecule has 0 aromatic rings. The van der Waals surface area contributed by atoms with Crippen LogP contribution in [0.3, 0.4) is 0 Å². The zero-order valence-corrected chi connectivity index (χ0v) is 8.34. The van der Waals surface area contributed by atoms with Crippen LogP contribution in [0.25, 0.3) is 0 Å². The monoisotopic (exact) mass is 167 g/mol. The zero-order chi connectivity index (χ0) is 8.55. The molecule has 0 saturated heterocycles. The zero-order valence-electron chi connectivity index (χ0n) is 8.34. The van der Waals surface area contributed by atoms with Crippen molar-refractivity contribution in [2.24, 2.45) is 11.8 Å². The molecule has 0 spiro atoms. The van der Waals surface area contributed by atoms with Crippen LogP contribution in [0.5, 0.6) is 0 Å².